The second kappa shape index (κ2) is 12.2. The van der Waals surface area contributed by atoms with E-state index in [9.17, 15) is 9.59 Å². The van der Waals surface area contributed by atoms with Gasteiger partial charge in [0.15, 0.2) is 0 Å². The summed E-state index contributed by atoms with van der Waals surface area (Å²) < 4.78 is 9.61. The van der Waals surface area contributed by atoms with Crippen molar-refractivity contribution in [2.24, 2.45) is 10.2 Å². The normalized spacial score (nSPS) is 11.2. The van der Waals surface area contributed by atoms with Crippen molar-refractivity contribution in [1.82, 2.24) is 0 Å². The van der Waals surface area contributed by atoms with Gasteiger partial charge in [-0.05, 0) is 12.5 Å². The number of carbonyl (C=O) groups excluding carboxylic acids is 2. The van der Waals surface area contributed by atoms with Crippen LogP contribution in [0.4, 0.5) is 9.59 Å². The van der Waals surface area contributed by atoms with E-state index in [0.29, 0.717) is 6.61 Å². The average molecular weight is 274 g/mol. The number of rotatable bonds is 8. The Morgan fingerprint density at radius 2 is 1.67 bits per heavy atom. The Bertz CT molecular complexity index is 246. The van der Waals surface area contributed by atoms with Gasteiger partial charge >= 0.3 is 12.2 Å². The van der Waals surface area contributed by atoms with Gasteiger partial charge < -0.3 is 9.16 Å². The average Bonchev–Trinajstić information content (AvgIpc) is 2.37. The molecule has 0 bridgehead atoms. The SMILES string of the molecule is CCCCCOC(=O)N=NC(=O)O[SiH2]CCCC. The van der Waals surface area contributed by atoms with Gasteiger partial charge in [-0.1, -0.05) is 49.8 Å². The summed E-state index contributed by atoms with van der Waals surface area (Å²) in [6.07, 6.45) is 3.35. The van der Waals surface area contributed by atoms with E-state index in [4.69, 9.17) is 9.16 Å². The Labute approximate surface area is 110 Å². The fourth-order valence-electron chi connectivity index (χ4n) is 1.16. The van der Waals surface area contributed by atoms with Crippen LogP contribution in [0.15, 0.2) is 10.2 Å². The Morgan fingerprint density at radius 3 is 2.33 bits per heavy atom. The number of carbonyl (C=O) groups is 2. The highest BCUT2D eigenvalue weighted by atomic mass is 28.2. The van der Waals surface area contributed by atoms with Gasteiger partial charge in [0.2, 0.25) is 9.76 Å². The molecule has 0 heterocycles. The topological polar surface area (TPSA) is 77.3 Å². The summed E-state index contributed by atoms with van der Waals surface area (Å²) in [4.78, 5) is 22.0. The van der Waals surface area contributed by atoms with Gasteiger partial charge in [0.05, 0.1) is 6.61 Å². The van der Waals surface area contributed by atoms with Gasteiger partial charge in [0.25, 0.3) is 0 Å². The minimum Gasteiger partial charge on any atom is -0.507 e. The molecule has 0 saturated carbocycles. The maximum Gasteiger partial charge on any atom is 0.452 e. The van der Waals surface area contributed by atoms with E-state index in [1.54, 1.807) is 0 Å². The van der Waals surface area contributed by atoms with Gasteiger partial charge in [0.1, 0.15) is 0 Å². The van der Waals surface area contributed by atoms with E-state index in [1.807, 2.05) is 0 Å². The molecule has 0 radical (unpaired) electrons. The lowest BCUT2D eigenvalue weighted by Gasteiger charge is -1.99. The first kappa shape index (κ1) is 16.8. The van der Waals surface area contributed by atoms with E-state index in [-0.39, 0.29) is 0 Å². The van der Waals surface area contributed by atoms with Gasteiger partial charge in [-0.2, -0.15) is 0 Å². The van der Waals surface area contributed by atoms with Crippen LogP contribution in [-0.4, -0.2) is 28.6 Å². The second-order valence-corrected chi connectivity index (χ2v) is 5.25. The summed E-state index contributed by atoms with van der Waals surface area (Å²) in [5, 5.41) is 6.28. The molecule has 0 rings (SSSR count). The molecule has 0 saturated heterocycles. The molecule has 0 aliphatic carbocycles. The molecule has 0 unspecified atom stereocenters. The lowest BCUT2D eigenvalue weighted by molar-refractivity contribution is 0.152. The van der Waals surface area contributed by atoms with Crippen molar-refractivity contribution in [2.45, 2.75) is 52.0 Å². The molecule has 2 amide bonds. The Balaban J connectivity index is 3.58. The molecule has 0 aliphatic rings. The molecule has 0 aromatic rings. The van der Waals surface area contributed by atoms with Crippen molar-refractivity contribution in [1.29, 1.82) is 0 Å². The van der Waals surface area contributed by atoms with Crippen molar-refractivity contribution in [3.8, 4) is 0 Å². The monoisotopic (exact) mass is 274 g/mol. The highest BCUT2D eigenvalue weighted by Gasteiger charge is 2.03. The van der Waals surface area contributed by atoms with Crippen molar-refractivity contribution < 1.29 is 18.8 Å². The zero-order valence-corrected chi connectivity index (χ0v) is 12.6. The second-order valence-electron chi connectivity index (χ2n) is 3.84. The van der Waals surface area contributed by atoms with E-state index in [2.05, 4.69) is 24.1 Å². The quantitative estimate of drug-likeness (QED) is 0.387. The minimum atomic E-state index is -0.870. The third kappa shape index (κ3) is 11.2. The van der Waals surface area contributed by atoms with Crippen LogP contribution in [-0.2, 0) is 9.16 Å². The molecule has 7 heteroatoms. The number of hydrogen-bond donors (Lipinski definition) is 0. The predicted molar refractivity (Wildman–Crippen MR) is 70.5 cm³/mol. The number of amides is 2. The molecule has 0 fully saturated rings. The molecule has 6 nitrogen and oxygen atoms in total. The van der Waals surface area contributed by atoms with Crippen LogP contribution in [0, 0.1) is 0 Å². The van der Waals surface area contributed by atoms with Gasteiger partial charge in [-0.3, -0.25) is 0 Å². The third-order valence-electron chi connectivity index (χ3n) is 2.16. The summed E-state index contributed by atoms with van der Waals surface area (Å²) in [5.41, 5.74) is 0. The van der Waals surface area contributed by atoms with Crippen LogP contribution < -0.4 is 0 Å². The van der Waals surface area contributed by atoms with Crippen LogP contribution in [0.25, 0.3) is 0 Å². The van der Waals surface area contributed by atoms with Gasteiger partial charge in [0, 0.05) is 0 Å². The summed E-state index contributed by atoms with van der Waals surface area (Å²) in [6, 6.07) is 0.930. The van der Waals surface area contributed by atoms with Crippen molar-refractivity contribution in [2.75, 3.05) is 6.61 Å². The molecule has 0 aromatic carbocycles. The maximum atomic E-state index is 11.0. The van der Waals surface area contributed by atoms with E-state index in [1.165, 1.54) is 0 Å². The van der Waals surface area contributed by atoms with Crippen LogP contribution >= 0.6 is 0 Å². The van der Waals surface area contributed by atoms with Gasteiger partial charge in [-0.25, -0.2) is 9.59 Å². The molecule has 0 aromatic heterocycles. The molecular weight excluding hydrogens is 252 g/mol. The van der Waals surface area contributed by atoms with E-state index in [0.717, 1.165) is 38.1 Å². The Hall–Kier alpha value is -1.24. The lowest BCUT2D eigenvalue weighted by Crippen LogP contribution is -2.05. The Morgan fingerprint density at radius 1 is 1.00 bits per heavy atom. The van der Waals surface area contributed by atoms with Crippen molar-refractivity contribution in [3.05, 3.63) is 0 Å². The zero-order valence-electron chi connectivity index (χ0n) is 11.2. The molecule has 0 N–H and O–H groups in total. The summed E-state index contributed by atoms with van der Waals surface area (Å²) in [5.74, 6) is 0. The van der Waals surface area contributed by atoms with Crippen LogP contribution in [0.5, 0.6) is 0 Å². The van der Waals surface area contributed by atoms with Crippen LogP contribution in [0.1, 0.15) is 46.0 Å². The lowest BCUT2D eigenvalue weighted by atomic mass is 10.3. The molecule has 0 spiro atoms. The predicted octanol–water partition coefficient (Wildman–Crippen LogP) is 3.20. The van der Waals surface area contributed by atoms with Crippen LogP contribution in [0.3, 0.4) is 0 Å². The number of ether oxygens (including phenoxy) is 1. The highest BCUT2D eigenvalue weighted by molar-refractivity contribution is 6.30. The van der Waals surface area contributed by atoms with Crippen LogP contribution in [0.2, 0.25) is 6.04 Å². The first-order valence-electron chi connectivity index (χ1n) is 6.46. The largest absolute Gasteiger partial charge is 0.507 e. The molecule has 18 heavy (non-hydrogen) atoms. The molecule has 104 valence electrons. The molecule has 0 aliphatic heterocycles. The smallest absolute Gasteiger partial charge is 0.452 e. The number of hydrogen-bond acceptors (Lipinski definition) is 4. The van der Waals surface area contributed by atoms with Gasteiger partial charge in [-0.15, -0.1) is 0 Å². The van der Waals surface area contributed by atoms with Crippen molar-refractivity contribution >= 4 is 21.9 Å². The third-order valence-corrected chi connectivity index (χ3v) is 3.40. The van der Waals surface area contributed by atoms with E-state index < -0.39 is 21.9 Å². The molecule has 0 atom stereocenters. The maximum absolute atomic E-state index is 11.0. The summed E-state index contributed by atoms with van der Waals surface area (Å²) in [7, 11) is -0.870. The fourth-order valence-corrected chi connectivity index (χ4v) is 2.24. The standard InChI is InChI=1S/C11H22N2O4Si/c1-3-5-7-8-16-10(14)12-13-11(15)17-18-9-6-4-2/h3-9,18H2,1-2H3. The highest BCUT2D eigenvalue weighted by Crippen LogP contribution is 1.97. The first-order valence-corrected chi connectivity index (χ1v) is 8.03. The first-order chi connectivity index (χ1) is 8.70. The number of azo groups is 1. The summed E-state index contributed by atoms with van der Waals surface area (Å²) >= 11 is 0. The molecular formula is C11H22N2O4Si. The fraction of sp³-hybridized carbons (Fsp3) is 0.818. The van der Waals surface area contributed by atoms with Crippen molar-refractivity contribution in [3.63, 3.8) is 0 Å². The minimum absolute atomic E-state index is 0.311. The number of unbranched alkanes of at least 4 members (excludes halogenated alkanes) is 3. The van der Waals surface area contributed by atoms with E-state index >= 15 is 0 Å². The number of nitrogens with zero attached hydrogens (tertiary/aromatic N) is 2. The zero-order chi connectivity index (χ0) is 13.6. The summed E-state index contributed by atoms with van der Waals surface area (Å²) in [6.45, 7) is 4.44. The Kier molecular flexibility index (Phi) is 11.4.